The summed E-state index contributed by atoms with van der Waals surface area (Å²) in [6.45, 7) is 10.9. The fourth-order valence-electron chi connectivity index (χ4n) is 3.26. The average Bonchev–Trinajstić information content (AvgIpc) is 2.74. The van der Waals surface area contributed by atoms with Crippen LogP contribution in [0.2, 0.25) is 0 Å². The lowest BCUT2D eigenvalue weighted by Gasteiger charge is -2.25. The van der Waals surface area contributed by atoms with Gasteiger partial charge in [-0.3, -0.25) is 0 Å². The Kier molecular flexibility index (Phi) is 4.21. The molecule has 19 heavy (non-hydrogen) atoms. The fraction of sp³-hybridized carbons (Fsp3) is 0.875. The third kappa shape index (κ3) is 3.65. The highest BCUT2D eigenvalue weighted by Gasteiger charge is 2.48. The Balaban J connectivity index is 1.72. The molecule has 0 aliphatic heterocycles. The zero-order valence-electron chi connectivity index (χ0n) is 12.4. The van der Waals surface area contributed by atoms with Gasteiger partial charge in [0.05, 0.1) is 0 Å². The standard InChI is InChI=1S/C16H27ClFN/c1-11(8-14-9-15(14,3)17)12(2)19-10-13-6-5-7-16(13,4)18/h11,13-14,19H,2,5-10H2,1,3-4H3. The molecule has 2 aliphatic carbocycles. The van der Waals surface area contributed by atoms with E-state index in [1.165, 1.54) is 0 Å². The molecule has 0 radical (unpaired) electrons. The molecule has 0 spiro atoms. The van der Waals surface area contributed by atoms with Crippen molar-refractivity contribution < 1.29 is 4.39 Å². The van der Waals surface area contributed by atoms with Crippen molar-refractivity contribution in [3.05, 3.63) is 12.3 Å². The highest BCUT2D eigenvalue weighted by molar-refractivity contribution is 6.25. The van der Waals surface area contributed by atoms with E-state index in [-0.39, 0.29) is 10.8 Å². The molecule has 3 heteroatoms. The van der Waals surface area contributed by atoms with Crippen LogP contribution < -0.4 is 5.32 Å². The summed E-state index contributed by atoms with van der Waals surface area (Å²) in [5.74, 6) is 1.16. The number of halogens is 2. The molecule has 110 valence electrons. The molecule has 0 saturated heterocycles. The quantitative estimate of drug-likeness (QED) is 0.701. The summed E-state index contributed by atoms with van der Waals surface area (Å²) >= 11 is 6.27. The molecule has 2 rings (SSSR count). The van der Waals surface area contributed by atoms with E-state index in [1.54, 1.807) is 6.92 Å². The topological polar surface area (TPSA) is 12.0 Å². The van der Waals surface area contributed by atoms with Gasteiger partial charge in [-0.15, -0.1) is 11.6 Å². The lowest BCUT2D eigenvalue weighted by Crippen LogP contribution is -2.33. The molecule has 0 aromatic rings. The summed E-state index contributed by atoms with van der Waals surface area (Å²) in [7, 11) is 0. The van der Waals surface area contributed by atoms with E-state index in [0.29, 0.717) is 18.3 Å². The molecule has 2 fully saturated rings. The molecule has 0 amide bonds. The second kappa shape index (κ2) is 5.27. The van der Waals surface area contributed by atoms with Gasteiger partial charge in [0.2, 0.25) is 0 Å². The first-order chi connectivity index (χ1) is 8.72. The average molecular weight is 288 g/mol. The van der Waals surface area contributed by atoms with Crippen molar-refractivity contribution in [1.29, 1.82) is 0 Å². The molecule has 0 bridgehead atoms. The van der Waals surface area contributed by atoms with Crippen LogP contribution in [-0.4, -0.2) is 17.1 Å². The first-order valence-electron chi connectivity index (χ1n) is 7.53. The molecule has 1 nitrogen and oxygen atoms in total. The molecule has 1 N–H and O–H groups in total. The van der Waals surface area contributed by atoms with Crippen LogP contribution in [0.1, 0.15) is 52.9 Å². The highest BCUT2D eigenvalue weighted by atomic mass is 35.5. The zero-order chi connectivity index (χ0) is 14.3. The van der Waals surface area contributed by atoms with Crippen molar-refractivity contribution in [2.45, 2.75) is 63.4 Å². The highest BCUT2D eigenvalue weighted by Crippen LogP contribution is 2.52. The number of alkyl halides is 2. The van der Waals surface area contributed by atoms with Gasteiger partial charge in [0, 0.05) is 23.0 Å². The summed E-state index contributed by atoms with van der Waals surface area (Å²) in [6.07, 6.45) is 4.90. The lowest BCUT2D eigenvalue weighted by molar-refractivity contribution is 0.133. The van der Waals surface area contributed by atoms with Gasteiger partial charge in [-0.2, -0.15) is 0 Å². The SMILES string of the molecule is C=C(NCC1CCCC1(C)F)C(C)CC1CC1(C)Cl. The Morgan fingerprint density at radius 1 is 1.47 bits per heavy atom. The van der Waals surface area contributed by atoms with E-state index < -0.39 is 5.67 Å². The summed E-state index contributed by atoms with van der Waals surface area (Å²) in [5.41, 5.74) is 0.0453. The Morgan fingerprint density at radius 2 is 2.11 bits per heavy atom. The van der Waals surface area contributed by atoms with Crippen molar-refractivity contribution in [2.24, 2.45) is 17.8 Å². The first kappa shape index (κ1) is 15.2. The number of allylic oxidation sites excluding steroid dienone is 1. The summed E-state index contributed by atoms with van der Waals surface area (Å²) in [6, 6.07) is 0. The molecule has 5 atom stereocenters. The normalized spacial score (nSPS) is 43.0. The van der Waals surface area contributed by atoms with E-state index in [0.717, 1.165) is 37.9 Å². The second-order valence-electron chi connectivity index (χ2n) is 7.09. The Morgan fingerprint density at radius 3 is 2.58 bits per heavy atom. The van der Waals surface area contributed by atoms with Crippen LogP contribution in [-0.2, 0) is 0 Å². The van der Waals surface area contributed by atoms with E-state index in [2.05, 4.69) is 25.7 Å². The Bertz CT molecular complexity index is 351. The Hall–Kier alpha value is -0.240. The first-order valence-corrected chi connectivity index (χ1v) is 7.90. The van der Waals surface area contributed by atoms with Crippen LogP contribution in [0.15, 0.2) is 12.3 Å². The number of rotatable bonds is 6. The summed E-state index contributed by atoms with van der Waals surface area (Å²) in [5, 5.41) is 3.36. The van der Waals surface area contributed by atoms with Crippen LogP contribution in [0.5, 0.6) is 0 Å². The molecule has 2 aliphatic rings. The summed E-state index contributed by atoms with van der Waals surface area (Å²) < 4.78 is 14.2. The largest absolute Gasteiger partial charge is 0.388 e. The molecule has 5 unspecified atom stereocenters. The fourth-order valence-corrected chi connectivity index (χ4v) is 3.54. The molecule has 0 aromatic heterocycles. The van der Waals surface area contributed by atoms with Gasteiger partial charge in [-0.25, -0.2) is 4.39 Å². The van der Waals surface area contributed by atoms with E-state index in [1.807, 2.05) is 0 Å². The van der Waals surface area contributed by atoms with Gasteiger partial charge < -0.3 is 5.32 Å². The predicted molar refractivity (Wildman–Crippen MR) is 80.1 cm³/mol. The van der Waals surface area contributed by atoms with Crippen LogP contribution >= 0.6 is 11.6 Å². The molecular formula is C16H27ClFN. The van der Waals surface area contributed by atoms with Gasteiger partial charge in [-0.05, 0) is 57.8 Å². The van der Waals surface area contributed by atoms with Gasteiger partial charge in [-0.1, -0.05) is 13.5 Å². The van der Waals surface area contributed by atoms with E-state index >= 15 is 0 Å². The third-order valence-corrected chi connectivity index (χ3v) is 5.68. The van der Waals surface area contributed by atoms with Gasteiger partial charge in [0.1, 0.15) is 5.67 Å². The maximum atomic E-state index is 14.2. The smallest absolute Gasteiger partial charge is 0.112 e. The van der Waals surface area contributed by atoms with Crippen LogP contribution in [0.3, 0.4) is 0 Å². The van der Waals surface area contributed by atoms with Crippen LogP contribution in [0.25, 0.3) is 0 Å². The molecule has 0 aromatic carbocycles. The number of hydrogen-bond acceptors (Lipinski definition) is 1. The molecular weight excluding hydrogens is 261 g/mol. The minimum atomic E-state index is -0.998. The van der Waals surface area contributed by atoms with Crippen LogP contribution in [0, 0.1) is 17.8 Å². The maximum absolute atomic E-state index is 14.2. The van der Waals surface area contributed by atoms with E-state index in [9.17, 15) is 4.39 Å². The van der Waals surface area contributed by atoms with Crippen molar-refractivity contribution in [1.82, 2.24) is 5.32 Å². The van der Waals surface area contributed by atoms with Crippen molar-refractivity contribution in [2.75, 3.05) is 6.54 Å². The zero-order valence-corrected chi connectivity index (χ0v) is 13.2. The minimum Gasteiger partial charge on any atom is -0.388 e. The summed E-state index contributed by atoms with van der Waals surface area (Å²) in [4.78, 5) is 0.0114. The van der Waals surface area contributed by atoms with Gasteiger partial charge in [0.25, 0.3) is 0 Å². The second-order valence-corrected chi connectivity index (χ2v) is 7.95. The Labute approximate surface area is 122 Å². The van der Waals surface area contributed by atoms with Crippen molar-refractivity contribution >= 4 is 11.6 Å². The number of hydrogen-bond donors (Lipinski definition) is 1. The van der Waals surface area contributed by atoms with Crippen LogP contribution in [0.4, 0.5) is 4.39 Å². The molecule has 2 saturated carbocycles. The van der Waals surface area contributed by atoms with Crippen molar-refractivity contribution in [3.63, 3.8) is 0 Å². The van der Waals surface area contributed by atoms with E-state index in [4.69, 9.17) is 11.6 Å². The third-order valence-electron chi connectivity index (χ3n) is 5.21. The maximum Gasteiger partial charge on any atom is 0.112 e. The molecule has 0 heterocycles. The predicted octanol–water partition coefficient (Wildman–Crippen LogP) is 4.66. The van der Waals surface area contributed by atoms with Gasteiger partial charge in [0.15, 0.2) is 0 Å². The minimum absolute atomic E-state index is 0.0114. The van der Waals surface area contributed by atoms with Gasteiger partial charge >= 0.3 is 0 Å². The monoisotopic (exact) mass is 287 g/mol. The lowest BCUT2D eigenvalue weighted by atomic mass is 9.94. The number of nitrogens with one attached hydrogen (secondary N) is 1. The van der Waals surface area contributed by atoms with Crippen molar-refractivity contribution in [3.8, 4) is 0 Å².